The number of nitrogens with zero attached hydrogens (tertiary/aromatic N) is 1. The van der Waals surface area contributed by atoms with E-state index in [-0.39, 0.29) is 5.91 Å². The number of nitrogens with one attached hydrogen (secondary N) is 2. The molecular formula is C18H19N3O. The van der Waals surface area contributed by atoms with Crippen LogP contribution in [0.1, 0.15) is 23.0 Å². The van der Waals surface area contributed by atoms with E-state index in [0.29, 0.717) is 12.2 Å². The minimum Gasteiger partial charge on any atom is -0.350 e. The topological polar surface area (TPSA) is 48.1 Å². The molecule has 0 aliphatic rings. The highest BCUT2D eigenvalue weighted by Crippen LogP contribution is 2.16. The SMILES string of the molecule is CCN(NC(=O)c1cc2ccccc2[nH]1)c1ccc(C)cc1. The number of carbonyl (C=O) groups excluding carboxylic acids is 1. The van der Waals surface area contributed by atoms with Crippen LogP contribution in [0.4, 0.5) is 5.69 Å². The molecule has 0 aliphatic heterocycles. The Morgan fingerprint density at radius 3 is 2.55 bits per heavy atom. The lowest BCUT2D eigenvalue weighted by Gasteiger charge is -2.23. The van der Waals surface area contributed by atoms with Gasteiger partial charge in [0.15, 0.2) is 0 Å². The Morgan fingerprint density at radius 1 is 1.14 bits per heavy atom. The summed E-state index contributed by atoms with van der Waals surface area (Å²) in [5, 5.41) is 2.87. The fourth-order valence-corrected chi connectivity index (χ4v) is 2.43. The van der Waals surface area contributed by atoms with Gasteiger partial charge < -0.3 is 4.98 Å². The summed E-state index contributed by atoms with van der Waals surface area (Å²) in [5.41, 5.74) is 6.63. The molecule has 0 unspecified atom stereocenters. The number of aromatic nitrogens is 1. The van der Waals surface area contributed by atoms with Crippen LogP contribution < -0.4 is 10.4 Å². The smallest absolute Gasteiger partial charge is 0.286 e. The summed E-state index contributed by atoms with van der Waals surface area (Å²) in [6.45, 7) is 4.74. The summed E-state index contributed by atoms with van der Waals surface area (Å²) in [6, 6.07) is 17.8. The molecule has 2 N–H and O–H groups in total. The van der Waals surface area contributed by atoms with Gasteiger partial charge in [0.05, 0.1) is 5.69 Å². The van der Waals surface area contributed by atoms with E-state index >= 15 is 0 Å². The second kappa shape index (κ2) is 5.93. The van der Waals surface area contributed by atoms with E-state index in [1.165, 1.54) is 5.56 Å². The number of amides is 1. The van der Waals surface area contributed by atoms with Gasteiger partial charge in [0.25, 0.3) is 5.91 Å². The van der Waals surface area contributed by atoms with Crippen LogP contribution in [0.15, 0.2) is 54.6 Å². The van der Waals surface area contributed by atoms with Crippen LogP contribution in [0.3, 0.4) is 0 Å². The summed E-state index contributed by atoms with van der Waals surface area (Å²) in [4.78, 5) is 15.6. The highest BCUT2D eigenvalue weighted by atomic mass is 16.2. The zero-order chi connectivity index (χ0) is 15.5. The first-order chi connectivity index (χ1) is 10.7. The Kier molecular flexibility index (Phi) is 3.83. The number of rotatable bonds is 4. The molecule has 4 heteroatoms. The largest absolute Gasteiger partial charge is 0.350 e. The zero-order valence-corrected chi connectivity index (χ0v) is 12.8. The van der Waals surface area contributed by atoms with Crippen LogP contribution in [0.25, 0.3) is 10.9 Å². The molecule has 0 spiro atoms. The van der Waals surface area contributed by atoms with Crippen molar-refractivity contribution in [2.75, 3.05) is 11.6 Å². The first kappa shape index (κ1) is 14.2. The minimum atomic E-state index is -0.140. The lowest BCUT2D eigenvalue weighted by atomic mass is 10.2. The molecule has 4 nitrogen and oxygen atoms in total. The van der Waals surface area contributed by atoms with E-state index in [9.17, 15) is 4.79 Å². The Morgan fingerprint density at radius 2 is 1.86 bits per heavy atom. The maximum absolute atomic E-state index is 12.4. The minimum absolute atomic E-state index is 0.140. The average Bonchev–Trinajstić information content (AvgIpc) is 2.97. The number of hydrogen-bond donors (Lipinski definition) is 2. The van der Waals surface area contributed by atoms with Crippen molar-refractivity contribution < 1.29 is 4.79 Å². The molecule has 0 fully saturated rings. The number of benzene rings is 2. The van der Waals surface area contributed by atoms with Crippen LogP contribution in [-0.4, -0.2) is 17.4 Å². The lowest BCUT2D eigenvalue weighted by Crippen LogP contribution is -2.42. The molecule has 0 saturated carbocycles. The molecule has 1 heterocycles. The molecule has 3 rings (SSSR count). The monoisotopic (exact) mass is 293 g/mol. The van der Waals surface area contributed by atoms with Gasteiger partial charge in [-0.15, -0.1) is 0 Å². The number of carbonyl (C=O) groups is 1. The van der Waals surface area contributed by atoms with Crippen molar-refractivity contribution in [3.8, 4) is 0 Å². The fourth-order valence-electron chi connectivity index (χ4n) is 2.43. The van der Waals surface area contributed by atoms with E-state index < -0.39 is 0 Å². The van der Waals surface area contributed by atoms with E-state index in [0.717, 1.165) is 16.6 Å². The van der Waals surface area contributed by atoms with E-state index in [1.807, 2.05) is 73.5 Å². The van der Waals surface area contributed by atoms with Gasteiger partial charge in [-0.05, 0) is 38.1 Å². The summed E-state index contributed by atoms with van der Waals surface area (Å²) in [7, 11) is 0. The number of hydrazine groups is 1. The molecule has 1 aromatic heterocycles. The third kappa shape index (κ3) is 2.81. The Labute approximate surface area is 129 Å². The van der Waals surface area contributed by atoms with Crippen LogP contribution >= 0.6 is 0 Å². The van der Waals surface area contributed by atoms with Crippen LogP contribution in [0.2, 0.25) is 0 Å². The molecule has 0 bridgehead atoms. The summed E-state index contributed by atoms with van der Waals surface area (Å²) < 4.78 is 0. The predicted octanol–water partition coefficient (Wildman–Crippen LogP) is 3.65. The van der Waals surface area contributed by atoms with Crippen LogP contribution in [0.5, 0.6) is 0 Å². The third-order valence-corrected chi connectivity index (χ3v) is 3.67. The number of H-pyrrole nitrogens is 1. The van der Waals surface area contributed by atoms with E-state index in [2.05, 4.69) is 10.4 Å². The van der Waals surface area contributed by atoms with E-state index in [4.69, 9.17) is 0 Å². The van der Waals surface area contributed by atoms with Crippen molar-refractivity contribution in [1.29, 1.82) is 0 Å². The lowest BCUT2D eigenvalue weighted by molar-refractivity contribution is 0.0945. The molecular weight excluding hydrogens is 274 g/mol. The fraction of sp³-hybridized carbons (Fsp3) is 0.167. The predicted molar refractivity (Wildman–Crippen MR) is 90.0 cm³/mol. The highest BCUT2D eigenvalue weighted by Gasteiger charge is 2.13. The van der Waals surface area contributed by atoms with Gasteiger partial charge >= 0.3 is 0 Å². The summed E-state index contributed by atoms with van der Waals surface area (Å²) >= 11 is 0. The molecule has 0 atom stereocenters. The standard InChI is InChI=1S/C18H19N3O/c1-3-21(15-10-8-13(2)9-11-15)20-18(22)17-12-14-6-4-5-7-16(14)19-17/h4-12,19H,3H2,1-2H3,(H,20,22). The number of aryl methyl sites for hydroxylation is 1. The molecule has 22 heavy (non-hydrogen) atoms. The highest BCUT2D eigenvalue weighted by molar-refractivity contribution is 5.98. The number of para-hydroxylation sites is 1. The zero-order valence-electron chi connectivity index (χ0n) is 12.8. The van der Waals surface area contributed by atoms with E-state index in [1.54, 1.807) is 0 Å². The first-order valence-corrected chi connectivity index (χ1v) is 7.40. The summed E-state index contributed by atoms with van der Waals surface area (Å²) in [5.74, 6) is -0.140. The maximum atomic E-state index is 12.4. The Balaban J connectivity index is 1.80. The molecule has 1 amide bonds. The van der Waals surface area contributed by atoms with Crippen molar-refractivity contribution in [2.45, 2.75) is 13.8 Å². The van der Waals surface area contributed by atoms with Gasteiger partial charge in [-0.1, -0.05) is 35.9 Å². The molecule has 3 aromatic rings. The van der Waals surface area contributed by atoms with Gasteiger partial charge in [0.2, 0.25) is 0 Å². The van der Waals surface area contributed by atoms with Gasteiger partial charge in [-0.2, -0.15) is 0 Å². The van der Waals surface area contributed by atoms with Crippen molar-refractivity contribution in [3.05, 3.63) is 65.9 Å². The van der Waals surface area contributed by atoms with Crippen LogP contribution in [0, 0.1) is 6.92 Å². The Hall–Kier alpha value is -2.75. The quantitative estimate of drug-likeness (QED) is 0.721. The number of aromatic amines is 1. The van der Waals surface area contributed by atoms with Gasteiger partial charge in [-0.3, -0.25) is 15.2 Å². The maximum Gasteiger partial charge on any atom is 0.286 e. The molecule has 112 valence electrons. The van der Waals surface area contributed by atoms with Crippen LogP contribution in [-0.2, 0) is 0 Å². The Bertz CT molecular complexity index is 756. The third-order valence-electron chi connectivity index (χ3n) is 3.67. The van der Waals surface area contributed by atoms with Gasteiger partial charge in [0.1, 0.15) is 5.69 Å². The van der Waals surface area contributed by atoms with Crippen molar-refractivity contribution in [3.63, 3.8) is 0 Å². The molecule has 0 radical (unpaired) electrons. The van der Waals surface area contributed by atoms with Crippen molar-refractivity contribution >= 4 is 22.5 Å². The molecule has 0 aliphatic carbocycles. The number of anilines is 1. The van der Waals surface area contributed by atoms with Gasteiger partial charge in [0, 0.05) is 17.4 Å². The second-order valence-electron chi connectivity index (χ2n) is 5.29. The number of hydrogen-bond acceptors (Lipinski definition) is 2. The summed E-state index contributed by atoms with van der Waals surface area (Å²) in [6.07, 6.45) is 0. The number of fused-ring (bicyclic) bond motifs is 1. The molecule has 0 saturated heterocycles. The second-order valence-corrected chi connectivity index (χ2v) is 5.29. The molecule has 2 aromatic carbocycles. The van der Waals surface area contributed by atoms with Gasteiger partial charge in [-0.25, -0.2) is 0 Å². The first-order valence-electron chi connectivity index (χ1n) is 7.40. The van der Waals surface area contributed by atoms with Crippen molar-refractivity contribution in [2.24, 2.45) is 0 Å². The van der Waals surface area contributed by atoms with Crippen molar-refractivity contribution in [1.82, 2.24) is 10.4 Å². The average molecular weight is 293 g/mol. The normalized spacial score (nSPS) is 10.6.